The molecule has 0 unspecified atom stereocenters. The number of nitrogen functional groups attached to an aromatic ring is 1. The van der Waals surface area contributed by atoms with Crippen molar-refractivity contribution in [2.24, 2.45) is 0 Å². The van der Waals surface area contributed by atoms with Crippen molar-refractivity contribution in [3.8, 4) is 0 Å². The Morgan fingerprint density at radius 2 is 2.24 bits per heavy atom. The molecule has 0 bridgehead atoms. The minimum Gasteiger partial charge on any atom is -0.398 e. The lowest BCUT2D eigenvalue weighted by atomic mass is 10.1. The molecule has 1 saturated heterocycles. The first-order valence-corrected chi connectivity index (χ1v) is 7.23. The Balaban J connectivity index is 2.10. The van der Waals surface area contributed by atoms with Gasteiger partial charge in [0.1, 0.15) is 0 Å². The summed E-state index contributed by atoms with van der Waals surface area (Å²) in [5.74, 6) is 1.18. The standard InChI is InChI=1S/C13H19ClN2S/c1-13(2)9-16(6-7-17-13)8-10-11(14)4-3-5-12(10)15/h3-5H,6-9,15H2,1-2H3. The molecule has 0 radical (unpaired) electrons. The summed E-state index contributed by atoms with van der Waals surface area (Å²) in [5.41, 5.74) is 7.86. The molecule has 1 aromatic carbocycles. The number of hydrogen-bond donors (Lipinski definition) is 1. The van der Waals surface area contributed by atoms with Crippen LogP contribution in [0.2, 0.25) is 5.02 Å². The number of nitrogens with two attached hydrogens (primary N) is 1. The quantitative estimate of drug-likeness (QED) is 0.837. The average Bonchev–Trinajstić information content (AvgIpc) is 2.22. The molecule has 2 N–H and O–H groups in total. The molecule has 4 heteroatoms. The van der Waals surface area contributed by atoms with E-state index in [1.54, 1.807) is 0 Å². The fraction of sp³-hybridized carbons (Fsp3) is 0.538. The molecule has 0 amide bonds. The van der Waals surface area contributed by atoms with Crippen LogP contribution in [0.5, 0.6) is 0 Å². The van der Waals surface area contributed by atoms with Crippen LogP contribution < -0.4 is 5.73 Å². The first-order chi connectivity index (χ1) is 7.98. The van der Waals surface area contributed by atoms with Gasteiger partial charge in [0.15, 0.2) is 0 Å². The van der Waals surface area contributed by atoms with Crippen LogP contribution in [0.15, 0.2) is 18.2 Å². The average molecular weight is 271 g/mol. The van der Waals surface area contributed by atoms with Crippen LogP contribution in [0, 0.1) is 0 Å². The van der Waals surface area contributed by atoms with Crippen LogP contribution in [-0.4, -0.2) is 28.5 Å². The smallest absolute Gasteiger partial charge is 0.0471 e. The zero-order chi connectivity index (χ0) is 12.5. The highest BCUT2D eigenvalue weighted by Gasteiger charge is 2.27. The normalized spacial score (nSPS) is 20.4. The Bertz CT molecular complexity index is 386. The summed E-state index contributed by atoms with van der Waals surface area (Å²) in [6, 6.07) is 5.74. The highest BCUT2D eigenvalue weighted by Crippen LogP contribution is 2.32. The molecule has 17 heavy (non-hydrogen) atoms. The van der Waals surface area contributed by atoms with Crippen molar-refractivity contribution in [1.29, 1.82) is 0 Å². The molecule has 1 aliphatic rings. The predicted octanol–water partition coefficient (Wildman–Crippen LogP) is 3.25. The van der Waals surface area contributed by atoms with E-state index in [4.69, 9.17) is 17.3 Å². The molecule has 0 saturated carbocycles. The first-order valence-electron chi connectivity index (χ1n) is 5.87. The van der Waals surface area contributed by atoms with E-state index in [9.17, 15) is 0 Å². The van der Waals surface area contributed by atoms with Crippen LogP contribution in [0.3, 0.4) is 0 Å². The second kappa shape index (κ2) is 5.09. The highest BCUT2D eigenvalue weighted by molar-refractivity contribution is 8.00. The zero-order valence-corrected chi connectivity index (χ0v) is 11.9. The van der Waals surface area contributed by atoms with Gasteiger partial charge in [0.05, 0.1) is 0 Å². The topological polar surface area (TPSA) is 29.3 Å². The molecule has 94 valence electrons. The molecule has 1 aliphatic heterocycles. The van der Waals surface area contributed by atoms with E-state index in [1.807, 2.05) is 30.0 Å². The van der Waals surface area contributed by atoms with Gasteiger partial charge >= 0.3 is 0 Å². The monoisotopic (exact) mass is 270 g/mol. The molecule has 0 aromatic heterocycles. The van der Waals surface area contributed by atoms with Crippen LogP contribution >= 0.6 is 23.4 Å². The van der Waals surface area contributed by atoms with Crippen molar-refractivity contribution < 1.29 is 0 Å². The Kier molecular flexibility index (Phi) is 3.91. The summed E-state index contributed by atoms with van der Waals surface area (Å²) < 4.78 is 0.328. The van der Waals surface area contributed by atoms with Crippen molar-refractivity contribution in [2.45, 2.75) is 25.1 Å². The van der Waals surface area contributed by atoms with Crippen molar-refractivity contribution in [3.63, 3.8) is 0 Å². The molecule has 0 atom stereocenters. The van der Waals surface area contributed by atoms with Gasteiger partial charge < -0.3 is 5.73 Å². The number of anilines is 1. The van der Waals surface area contributed by atoms with Crippen LogP contribution in [0.1, 0.15) is 19.4 Å². The summed E-state index contributed by atoms with van der Waals surface area (Å²) in [4.78, 5) is 2.44. The maximum atomic E-state index is 6.21. The van der Waals surface area contributed by atoms with Gasteiger partial charge in [-0.05, 0) is 26.0 Å². The van der Waals surface area contributed by atoms with Gasteiger partial charge in [-0.2, -0.15) is 11.8 Å². The number of thioether (sulfide) groups is 1. The Labute approximate surface area is 113 Å². The van der Waals surface area contributed by atoms with E-state index >= 15 is 0 Å². The summed E-state index contributed by atoms with van der Waals surface area (Å²) in [6.07, 6.45) is 0. The van der Waals surface area contributed by atoms with E-state index in [2.05, 4.69) is 18.7 Å². The largest absolute Gasteiger partial charge is 0.398 e. The lowest BCUT2D eigenvalue weighted by Gasteiger charge is -2.37. The lowest BCUT2D eigenvalue weighted by molar-refractivity contribution is 0.253. The molecule has 2 nitrogen and oxygen atoms in total. The van der Waals surface area contributed by atoms with Crippen molar-refractivity contribution in [2.75, 3.05) is 24.6 Å². The summed E-state index contributed by atoms with van der Waals surface area (Å²) >= 11 is 8.25. The van der Waals surface area contributed by atoms with Gasteiger partial charge in [-0.25, -0.2) is 0 Å². The third-order valence-electron chi connectivity index (χ3n) is 3.04. The van der Waals surface area contributed by atoms with Gasteiger partial charge in [0.25, 0.3) is 0 Å². The number of halogens is 1. The van der Waals surface area contributed by atoms with E-state index in [-0.39, 0.29) is 0 Å². The molecule has 2 rings (SSSR count). The molecule has 0 spiro atoms. The lowest BCUT2D eigenvalue weighted by Crippen LogP contribution is -2.42. The van der Waals surface area contributed by atoms with E-state index in [0.29, 0.717) is 4.75 Å². The number of nitrogens with zero attached hydrogens (tertiary/aromatic N) is 1. The molecular formula is C13H19ClN2S. The van der Waals surface area contributed by atoms with Crippen LogP contribution in [0.4, 0.5) is 5.69 Å². The van der Waals surface area contributed by atoms with Gasteiger partial charge in [0, 0.05) is 46.4 Å². The van der Waals surface area contributed by atoms with E-state index in [0.717, 1.165) is 35.9 Å². The molecule has 0 aliphatic carbocycles. The molecule has 1 heterocycles. The zero-order valence-electron chi connectivity index (χ0n) is 10.4. The van der Waals surface area contributed by atoms with Gasteiger partial charge in [0.2, 0.25) is 0 Å². The minimum absolute atomic E-state index is 0.328. The third-order valence-corrected chi connectivity index (χ3v) is 4.69. The van der Waals surface area contributed by atoms with Crippen molar-refractivity contribution in [3.05, 3.63) is 28.8 Å². The summed E-state index contributed by atoms with van der Waals surface area (Å²) in [5, 5.41) is 0.779. The predicted molar refractivity (Wildman–Crippen MR) is 77.7 cm³/mol. The maximum absolute atomic E-state index is 6.21. The van der Waals surface area contributed by atoms with E-state index < -0.39 is 0 Å². The number of hydrogen-bond acceptors (Lipinski definition) is 3. The third kappa shape index (κ3) is 3.30. The Morgan fingerprint density at radius 3 is 2.88 bits per heavy atom. The fourth-order valence-electron chi connectivity index (χ4n) is 2.21. The SMILES string of the molecule is CC1(C)CN(Cc2c(N)cccc2Cl)CCS1. The Hall–Kier alpha value is -0.380. The van der Waals surface area contributed by atoms with Gasteiger partial charge in [-0.3, -0.25) is 4.90 Å². The van der Waals surface area contributed by atoms with Crippen molar-refractivity contribution >= 4 is 29.1 Å². The van der Waals surface area contributed by atoms with Crippen LogP contribution in [0.25, 0.3) is 0 Å². The first kappa shape index (κ1) is 13.1. The van der Waals surface area contributed by atoms with Gasteiger partial charge in [-0.15, -0.1) is 0 Å². The summed E-state index contributed by atoms with van der Waals surface area (Å²) in [7, 11) is 0. The summed E-state index contributed by atoms with van der Waals surface area (Å²) in [6.45, 7) is 7.64. The van der Waals surface area contributed by atoms with Gasteiger partial charge in [-0.1, -0.05) is 17.7 Å². The maximum Gasteiger partial charge on any atom is 0.0471 e. The number of rotatable bonds is 2. The van der Waals surface area contributed by atoms with E-state index in [1.165, 1.54) is 5.75 Å². The second-order valence-electron chi connectivity index (χ2n) is 5.13. The highest BCUT2D eigenvalue weighted by atomic mass is 35.5. The van der Waals surface area contributed by atoms with Crippen LogP contribution in [-0.2, 0) is 6.54 Å². The minimum atomic E-state index is 0.328. The number of benzene rings is 1. The Morgan fingerprint density at radius 1 is 1.47 bits per heavy atom. The molecular weight excluding hydrogens is 252 g/mol. The van der Waals surface area contributed by atoms with Crippen molar-refractivity contribution in [1.82, 2.24) is 4.90 Å². The molecule has 1 aromatic rings. The molecule has 1 fully saturated rings. The fourth-order valence-corrected chi connectivity index (χ4v) is 3.63. The second-order valence-corrected chi connectivity index (χ2v) is 7.34.